The van der Waals surface area contributed by atoms with Gasteiger partial charge in [-0.15, -0.1) is 0 Å². The molecular formula is C11H17F3N2. The van der Waals surface area contributed by atoms with Crippen LogP contribution < -0.4 is 5.32 Å². The fourth-order valence-electron chi connectivity index (χ4n) is 2.18. The molecule has 1 rings (SSSR count). The molecule has 0 atom stereocenters. The maximum Gasteiger partial charge on any atom is 0.401 e. The van der Waals surface area contributed by atoms with Gasteiger partial charge < -0.3 is 0 Å². The van der Waals surface area contributed by atoms with Crippen molar-refractivity contribution in [2.45, 2.75) is 50.7 Å². The molecule has 1 saturated carbocycles. The van der Waals surface area contributed by atoms with Crippen LogP contribution in [0.15, 0.2) is 0 Å². The first kappa shape index (κ1) is 13.3. The highest BCUT2D eigenvalue weighted by atomic mass is 19.4. The number of rotatable bonds is 3. The van der Waals surface area contributed by atoms with Crippen molar-refractivity contribution in [3.63, 3.8) is 0 Å². The van der Waals surface area contributed by atoms with Crippen LogP contribution in [0.2, 0.25) is 0 Å². The van der Waals surface area contributed by atoms with Crippen molar-refractivity contribution >= 4 is 0 Å². The topological polar surface area (TPSA) is 35.8 Å². The van der Waals surface area contributed by atoms with Crippen LogP contribution in [-0.4, -0.2) is 18.3 Å². The fourth-order valence-corrected chi connectivity index (χ4v) is 2.18. The summed E-state index contributed by atoms with van der Waals surface area (Å²) >= 11 is 0. The summed E-state index contributed by atoms with van der Waals surface area (Å²) in [6, 6.07) is 2.02. The molecule has 0 spiro atoms. The summed E-state index contributed by atoms with van der Waals surface area (Å²) in [6.45, 7) is 1.00. The van der Waals surface area contributed by atoms with Crippen LogP contribution in [0, 0.1) is 17.2 Å². The van der Waals surface area contributed by atoms with Crippen LogP contribution in [0.5, 0.6) is 0 Å². The molecule has 1 fully saturated rings. The number of nitrogens with one attached hydrogen (secondary N) is 1. The Morgan fingerprint density at radius 3 is 2.31 bits per heavy atom. The van der Waals surface area contributed by atoms with E-state index >= 15 is 0 Å². The zero-order valence-electron chi connectivity index (χ0n) is 9.40. The van der Waals surface area contributed by atoms with E-state index in [4.69, 9.17) is 5.26 Å². The van der Waals surface area contributed by atoms with Gasteiger partial charge in [-0.3, -0.25) is 5.32 Å². The van der Waals surface area contributed by atoms with E-state index in [2.05, 4.69) is 12.2 Å². The highest BCUT2D eigenvalue weighted by molar-refractivity contribution is 5.09. The minimum absolute atomic E-state index is 0.526. The first-order valence-electron chi connectivity index (χ1n) is 5.64. The molecule has 0 aliphatic heterocycles. The molecule has 0 bridgehead atoms. The first-order chi connectivity index (χ1) is 7.41. The Morgan fingerprint density at radius 1 is 1.38 bits per heavy atom. The molecule has 2 nitrogen and oxygen atoms in total. The van der Waals surface area contributed by atoms with E-state index in [1.165, 1.54) is 0 Å². The fraction of sp³-hybridized carbons (Fsp3) is 0.909. The minimum atomic E-state index is -4.24. The lowest BCUT2D eigenvalue weighted by molar-refractivity contribution is -0.128. The molecule has 0 saturated heterocycles. The zero-order chi connectivity index (χ0) is 12.2. The molecule has 0 aromatic carbocycles. The van der Waals surface area contributed by atoms with E-state index in [1.54, 1.807) is 0 Å². The van der Waals surface area contributed by atoms with E-state index in [-0.39, 0.29) is 0 Å². The third-order valence-corrected chi connectivity index (χ3v) is 3.38. The van der Waals surface area contributed by atoms with E-state index in [0.717, 1.165) is 19.3 Å². The molecule has 0 amide bonds. The quantitative estimate of drug-likeness (QED) is 0.814. The molecule has 1 aliphatic rings. The maximum atomic E-state index is 12.1. The number of hydrogen-bond donors (Lipinski definition) is 1. The lowest BCUT2D eigenvalue weighted by atomic mass is 9.76. The monoisotopic (exact) mass is 234 g/mol. The van der Waals surface area contributed by atoms with E-state index in [0.29, 0.717) is 18.8 Å². The minimum Gasteiger partial charge on any atom is -0.291 e. The van der Waals surface area contributed by atoms with Gasteiger partial charge in [0.15, 0.2) is 0 Å². The lowest BCUT2D eigenvalue weighted by Gasteiger charge is -2.35. The standard InChI is InChI=1S/C11H17F3N2/c1-2-9-3-5-10(7-15,6-4-9)16-8-11(12,13)14/h9,16H,2-6,8H2,1H3. The van der Waals surface area contributed by atoms with Crippen LogP contribution in [0.3, 0.4) is 0 Å². The Labute approximate surface area is 93.8 Å². The third-order valence-electron chi connectivity index (χ3n) is 3.38. The number of hydrogen-bond acceptors (Lipinski definition) is 2. The van der Waals surface area contributed by atoms with Gasteiger partial charge in [0.05, 0.1) is 12.6 Å². The van der Waals surface area contributed by atoms with Crippen LogP contribution in [0.4, 0.5) is 13.2 Å². The van der Waals surface area contributed by atoms with Crippen molar-refractivity contribution in [1.82, 2.24) is 5.32 Å². The number of alkyl halides is 3. The van der Waals surface area contributed by atoms with E-state index in [1.807, 2.05) is 6.07 Å². The van der Waals surface area contributed by atoms with E-state index in [9.17, 15) is 13.2 Å². The number of halogens is 3. The van der Waals surface area contributed by atoms with Gasteiger partial charge in [-0.2, -0.15) is 18.4 Å². The Bertz CT molecular complexity index is 259. The number of nitriles is 1. The second-order valence-corrected chi connectivity index (χ2v) is 4.51. The highest BCUT2D eigenvalue weighted by Gasteiger charge is 2.38. The van der Waals surface area contributed by atoms with Gasteiger partial charge in [0.2, 0.25) is 0 Å². The Morgan fingerprint density at radius 2 is 1.94 bits per heavy atom. The van der Waals surface area contributed by atoms with Gasteiger partial charge >= 0.3 is 6.18 Å². The van der Waals surface area contributed by atoms with Gasteiger partial charge in [-0.05, 0) is 31.6 Å². The molecule has 5 heteroatoms. The average molecular weight is 234 g/mol. The highest BCUT2D eigenvalue weighted by Crippen LogP contribution is 2.33. The molecule has 1 aliphatic carbocycles. The van der Waals surface area contributed by atoms with Crippen LogP contribution in [-0.2, 0) is 0 Å². The predicted octanol–water partition coefficient (Wildman–Crippen LogP) is 3.00. The predicted molar refractivity (Wildman–Crippen MR) is 54.7 cm³/mol. The van der Waals surface area contributed by atoms with Crippen molar-refractivity contribution in [2.75, 3.05) is 6.54 Å². The average Bonchev–Trinajstić information content (AvgIpc) is 2.26. The second kappa shape index (κ2) is 5.05. The molecule has 0 heterocycles. The molecule has 1 N–H and O–H groups in total. The van der Waals surface area contributed by atoms with Crippen molar-refractivity contribution in [3.05, 3.63) is 0 Å². The van der Waals surface area contributed by atoms with Gasteiger partial charge in [-0.1, -0.05) is 13.3 Å². The molecule has 0 unspecified atom stereocenters. The number of nitrogens with zero attached hydrogens (tertiary/aromatic N) is 1. The molecule has 0 aromatic rings. The summed E-state index contributed by atoms with van der Waals surface area (Å²) < 4.78 is 36.3. The SMILES string of the molecule is CCC1CCC(C#N)(NCC(F)(F)F)CC1. The van der Waals surface area contributed by atoms with Gasteiger partial charge in [-0.25, -0.2) is 0 Å². The summed E-state index contributed by atoms with van der Waals surface area (Å²) in [5, 5.41) is 11.4. The largest absolute Gasteiger partial charge is 0.401 e. The van der Waals surface area contributed by atoms with E-state index < -0.39 is 18.3 Å². The molecular weight excluding hydrogens is 217 g/mol. The summed E-state index contributed by atoms with van der Waals surface area (Å²) in [4.78, 5) is 0. The van der Waals surface area contributed by atoms with Gasteiger partial charge in [0.25, 0.3) is 0 Å². The third kappa shape index (κ3) is 3.67. The Kier molecular flexibility index (Phi) is 4.20. The van der Waals surface area contributed by atoms with Crippen LogP contribution >= 0.6 is 0 Å². The van der Waals surface area contributed by atoms with Crippen molar-refractivity contribution in [3.8, 4) is 6.07 Å². The first-order valence-corrected chi connectivity index (χ1v) is 5.64. The molecule has 16 heavy (non-hydrogen) atoms. The summed E-state index contributed by atoms with van der Waals surface area (Å²) in [5.74, 6) is 0.564. The maximum absolute atomic E-state index is 12.1. The lowest BCUT2D eigenvalue weighted by Crippen LogP contribution is -2.50. The summed E-state index contributed by atoms with van der Waals surface area (Å²) in [6.07, 6.45) is -0.466. The van der Waals surface area contributed by atoms with Gasteiger partial charge in [0, 0.05) is 0 Å². The summed E-state index contributed by atoms with van der Waals surface area (Å²) in [5.41, 5.74) is -0.957. The molecule has 92 valence electrons. The molecule has 0 radical (unpaired) electrons. The smallest absolute Gasteiger partial charge is 0.291 e. The second-order valence-electron chi connectivity index (χ2n) is 4.51. The normalized spacial score (nSPS) is 31.1. The summed E-state index contributed by atoms with van der Waals surface area (Å²) in [7, 11) is 0. The van der Waals surface area contributed by atoms with Crippen molar-refractivity contribution < 1.29 is 13.2 Å². The van der Waals surface area contributed by atoms with Crippen molar-refractivity contribution in [1.29, 1.82) is 5.26 Å². The Balaban J connectivity index is 2.51. The zero-order valence-corrected chi connectivity index (χ0v) is 9.40. The Hall–Kier alpha value is -0.760. The van der Waals surface area contributed by atoms with Crippen LogP contribution in [0.1, 0.15) is 39.0 Å². The van der Waals surface area contributed by atoms with Gasteiger partial charge in [0.1, 0.15) is 5.54 Å². The van der Waals surface area contributed by atoms with Crippen molar-refractivity contribution in [2.24, 2.45) is 5.92 Å². The molecule has 0 aromatic heterocycles. The van der Waals surface area contributed by atoms with Crippen LogP contribution in [0.25, 0.3) is 0 Å².